The van der Waals surface area contributed by atoms with Gasteiger partial charge < -0.3 is 9.84 Å². The predicted molar refractivity (Wildman–Crippen MR) is 91.9 cm³/mol. The molecule has 0 amide bonds. The van der Waals surface area contributed by atoms with Gasteiger partial charge in [0.2, 0.25) is 0 Å². The lowest BCUT2D eigenvalue weighted by atomic mass is 9.85. The molecule has 0 radical (unpaired) electrons. The standard InChI is InChI=1S/C20H20O3/c1-13(10-14-4-6-15(7-5-14)19(21)22)16-8-9-18-17(11-16)20(2,3)12-23-18/h4-11H,12H2,1-3H3,(H,21,22)/b13-10+. The molecule has 0 aliphatic carbocycles. The largest absolute Gasteiger partial charge is 0.492 e. The minimum atomic E-state index is -0.905. The number of carbonyl (C=O) groups is 1. The monoisotopic (exact) mass is 308 g/mol. The van der Waals surface area contributed by atoms with E-state index in [0.717, 1.165) is 22.4 Å². The SMILES string of the molecule is C/C(=C\c1ccc(C(=O)O)cc1)c1ccc2c(c1)C(C)(C)CO2. The first-order valence-corrected chi connectivity index (χ1v) is 7.66. The number of hydrogen-bond acceptors (Lipinski definition) is 2. The number of fused-ring (bicyclic) bond motifs is 1. The maximum absolute atomic E-state index is 10.9. The van der Waals surface area contributed by atoms with Crippen LogP contribution in [0.25, 0.3) is 11.6 Å². The van der Waals surface area contributed by atoms with Crippen molar-refractivity contribution in [1.82, 2.24) is 0 Å². The van der Waals surface area contributed by atoms with E-state index >= 15 is 0 Å². The first-order valence-electron chi connectivity index (χ1n) is 7.66. The second-order valence-electron chi connectivity index (χ2n) is 6.64. The summed E-state index contributed by atoms with van der Waals surface area (Å²) in [4.78, 5) is 10.9. The minimum Gasteiger partial charge on any atom is -0.492 e. The summed E-state index contributed by atoms with van der Waals surface area (Å²) >= 11 is 0. The molecule has 118 valence electrons. The van der Waals surface area contributed by atoms with Crippen molar-refractivity contribution in [1.29, 1.82) is 0 Å². The van der Waals surface area contributed by atoms with Gasteiger partial charge in [-0.15, -0.1) is 0 Å². The third-order valence-electron chi connectivity index (χ3n) is 4.29. The summed E-state index contributed by atoms with van der Waals surface area (Å²) in [7, 11) is 0. The van der Waals surface area contributed by atoms with Crippen LogP contribution < -0.4 is 4.74 Å². The highest BCUT2D eigenvalue weighted by Crippen LogP contribution is 2.39. The van der Waals surface area contributed by atoms with Gasteiger partial charge in [-0.3, -0.25) is 0 Å². The Morgan fingerprint density at radius 2 is 1.78 bits per heavy atom. The van der Waals surface area contributed by atoms with Gasteiger partial charge in [0.1, 0.15) is 5.75 Å². The Morgan fingerprint density at radius 1 is 1.13 bits per heavy atom. The van der Waals surface area contributed by atoms with Crippen molar-refractivity contribution >= 4 is 17.6 Å². The molecule has 0 saturated carbocycles. The van der Waals surface area contributed by atoms with Gasteiger partial charge in [-0.25, -0.2) is 4.79 Å². The highest BCUT2D eigenvalue weighted by Gasteiger charge is 2.31. The second-order valence-corrected chi connectivity index (χ2v) is 6.64. The van der Waals surface area contributed by atoms with Crippen molar-refractivity contribution in [3.05, 3.63) is 64.7 Å². The first-order chi connectivity index (χ1) is 10.9. The number of benzene rings is 2. The van der Waals surface area contributed by atoms with Crippen molar-refractivity contribution in [2.24, 2.45) is 0 Å². The van der Waals surface area contributed by atoms with Crippen LogP contribution in [-0.4, -0.2) is 17.7 Å². The van der Waals surface area contributed by atoms with E-state index in [-0.39, 0.29) is 5.41 Å². The van der Waals surface area contributed by atoms with Gasteiger partial charge in [-0.2, -0.15) is 0 Å². The second kappa shape index (κ2) is 5.58. The van der Waals surface area contributed by atoms with Gasteiger partial charge >= 0.3 is 5.97 Å². The molecule has 1 aliphatic rings. The lowest BCUT2D eigenvalue weighted by Crippen LogP contribution is -2.18. The van der Waals surface area contributed by atoms with Crippen LogP contribution in [0.1, 0.15) is 47.8 Å². The summed E-state index contributed by atoms with van der Waals surface area (Å²) in [5, 5.41) is 8.95. The fourth-order valence-electron chi connectivity index (χ4n) is 2.82. The van der Waals surface area contributed by atoms with Crippen molar-refractivity contribution in [3.63, 3.8) is 0 Å². The van der Waals surface area contributed by atoms with Crippen molar-refractivity contribution < 1.29 is 14.6 Å². The lowest BCUT2D eigenvalue weighted by Gasteiger charge is -2.16. The first kappa shape index (κ1) is 15.3. The van der Waals surface area contributed by atoms with Crippen molar-refractivity contribution in [2.45, 2.75) is 26.2 Å². The number of carboxylic acids is 1. The third-order valence-corrected chi connectivity index (χ3v) is 4.29. The quantitative estimate of drug-likeness (QED) is 0.842. The molecule has 0 unspecified atom stereocenters. The molecular formula is C20H20O3. The molecule has 3 nitrogen and oxygen atoms in total. The van der Waals surface area contributed by atoms with E-state index in [1.165, 1.54) is 5.56 Å². The minimum absolute atomic E-state index is 0.0365. The molecule has 0 saturated heterocycles. The third kappa shape index (κ3) is 3.00. The Morgan fingerprint density at radius 3 is 2.43 bits per heavy atom. The maximum atomic E-state index is 10.9. The fraction of sp³-hybridized carbons (Fsp3) is 0.250. The normalized spacial score (nSPS) is 15.9. The van der Waals surface area contributed by atoms with Gasteiger partial charge in [-0.1, -0.05) is 38.1 Å². The van der Waals surface area contributed by atoms with E-state index in [1.807, 2.05) is 18.2 Å². The zero-order valence-electron chi connectivity index (χ0n) is 13.6. The highest BCUT2D eigenvalue weighted by molar-refractivity contribution is 5.88. The summed E-state index contributed by atoms with van der Waals surface area (Å²) in [6, 6.07) is 13.2. The Balaban J connectivity index is 1.91. The number of carboxylic acid groups (broad SMARTS) is 1. The molecular weight excluding hydrogens is 288 g/mol. The van der Waals surface area contributed by atoms with Gasteiger partial charge in [-0.05, 0) is 47.9 Å². The van der Waals surface area contributed by atoms with Crippen molar-refractivity contribution in [2.75, 3.05) is 6.61 Å². The van der Waals surface area contributed by atoms with Crippen LogP contribution in [0, 0.1) is 0 Å². The van der Waals surface area contributed by atoms with Gasteiger partial charge in [0.25, 0.3) is 0 Å². The summed E-state index contributed by atoms with van der Waals surface area (Å²) in [5.41, 5.74) is 4.86. The molecule has 3 heteroatoms. The zero-order chi connectivity index (χ0) is 16.6. The van der Waals surface area contributed by atoms with Crippen LogP contribution in [0.2, 0.25) is 0 Å². The molecule has 0 atom stereocenters. The summed E-state index contributed by atoms with van der Waals surface area (Å²) in [6.45, 7) is 7.15. The number of aromatic carboxylic acids is 1. The van der Waals surface area contributed by atoms with E-state index in [0.29, 0.717) is 12.2 Å². The molecule has 1 N–H and O–H groups in total. The van der Waals surface area contributed by atoms with Crippen molar-refractivity contribution in [3.8, 4) is 5.75 Å². The fourth-order valence-corrected chi connectivity index (χ4v) is 2.82. The van der Waals surface area contributed by atoms with E-state index in [4.69, 9.17) is 9.84 Å². The summed E-state index contributed by atoms with van der Waals surface area (Å²) < 4.78 is 5.73. The smallest absolute Gasteiger partial charge is 0.335 e. The van der Waals surface area contributed by atoms with Gasteiger partial charge in [0, 0.05) is 11.0 Å². The predicted octanol–water partition coefficient (Wildman–Crippen LogP) is 4.62. The zero-order valence-corrected chi connectivity index (χ0v) is 13.6. The number of allylic oxidation sites excluding steroid dienone is 1. The van der Waals surface area contributed by atoms with Crippen LogP contribution in [0.3, 0.4) is 0 Å². The Hall–Kier alpha value is -2.55. The average Bonchev–Trinajstić information content (AvgIpc) is 2.83. The van der Waals surface area contributed by atoms with Gasteiger partial charge in [0.15, 0.2) is 0 Å². The van der Waals surface area contributed by atoms with Crippen LogP contribution in [0.4, 0.5) is 0 Å². The van der Waals surface area contributed by atoms with Crippen LogP contribution in [-0.2, 0) is 5.41 Å². The average molecular weight is 308 g/mol. The van der Waals surface area contributed by atoms with Crippen LogP contribution >= 0.6 is 0 Å². The molecule has 3 rings (SSSR count). The summed E-state index contributed by atoms with van der Waals surface area (Å²) in [5.74, 6) is 0.0652. The number of hydrogen-bond donors (Lipinski definition) is 1. The Kier molecular flexibility index (Phi) is 3.72. The Labute approximate surface area is 136 Å². The van der Waals surface area contributed by atoms with E-state index in [9.17, 15) is 4.79 Å². The molecule has 0 spiro atoms. The molecule has 0 fully saturated rings. The molecule has 2 aromatic carbocycles. The number of rotatable bonds is 3. The molecule has 1 heterocycles. The number of ether oxygens (including phenoxy) is 1. The topological polar surface area (TPSA) is 46.5 Å². The molecule has 2 aromatic rings. The molecule has 0 aromatic heterocycles. The lowest BCUT2D eigenvalue weighted by molar-refractivity contribution is 0.0697. The van der Waals surface area contributed by atoms with Crippen LogP contribution in [0.15, 0.2) is 42.5 Å². The Bertz CT molecular complexity index is 783. The maximum Gasteiger partial charge on any atom is 0.335 e. The molecule has 23 heavy (non-hydrogen) atoms. The van der Waals surface area contributed by atoms with Gasteiger partial charge in [0.05, 0.1) is 12.2 Å². The van der Waals surface area contributed by atoms with E-state index in [2.05, 4.69) is 39.0 Å². The van der Waals surface area contributed by atoms with E-state index < -0.39 is 5.97 Å². The molecule has 1 aliphatic heterocycles. The van der Waals surface area contributed by atoms with Crippen LogP contribution in [0.5, 0.6) is 5.75 Å². The highest BCUT2D eigenvalue weighted by atomic mass is 16.5. The molecule has 0 bridgehead atoms. The van der Waals surface area contributed by atoms with E-state index in [1.54, 1.807) is 12.1 Å². The summed E-state index contributed by atoms with van der Waals surface area (Å²) in [6.07, 6.45) is 2.07.